The minimum atomic E-state index is 0.453. The van der Waals surface area contributed by atoms with Crippen LogP contribution in [0.2, 0.25) is 0 Å². The quantitative estimate of drug-likeness (QED) is 0.755. The lowest BCUT2D eigenvalue weighted by Crippen LogP contribution is -2.47. The Morgan fingerprint density at radius 1 is 1.33 bits per heavy atom. The molecule has 1 aromatic heterocycles. The monoisotopic (exact) mass is 249 g/mol. The van der Waals surface area contributed by atoms with Crippen molar-refractivity contribution in [2.24, 2.45) is 18.9 Å². The molecule has 0 aliphatic carbocycles. The van der Waals surface area contributed by atoms with E-state index >= 15 is 0 Å². The third kappa shape index (κ3) is 2.04. The summed E-state index contributed by atoms with van der Waals surface area (Å²) in [6.45, 7) is 9.71. The number of aldehydes is 1. The van der Waals surface area contributed by atoms with Gasteiger partial charge in [-0.3, -0.25) is 9.48 Å². The van der Waals surface area contributed by atoms with Gasteiger partial charge in [-0.25, -0.2) is 0 Å². The van der Waals surface area contributed by atoms with Crippen molar-refractivity contribution in [1.82, 2.24) is 9.78 Å². The number of nitrogens with zero attached hydrogens (tertiary/aromatic N) is 3. The molecule has 0 radical (unpaired) electrons. The Labute approximate surface area is 109 Å². The first-order chi connectivity index (χ1) is 8.45. The number of carbonyl (C=O) groups excluding carboxylic acids is 1. The highest BCUT2D eigenvalue weighted by atomic mass is 16.1. The second kappa shape index (κ2) is 4.75. The van der Waals surface area contributed by atoms with Gasteiger partial charge in [0.1, 0.15) is 5.82 Å². The van der Waals surface area contributed by atoms with Crippen molar-refractivity contribution < 1.29 is 4.79 Å². The number of piperidine rings is 1. The molecule has 100 valence electrons. The molecule has 1 aromatic rings. The molecule has 3 atom stereocenters. The maximum Gasteiger partial charge on any atom is 0.155 e. The highest BCUT2D eigenvalue weighted by Gasteiger charge is 2.32. The molecule has 0 bridgehead atoms. The lowest BCUT2D eigenvalue weighted by molar-refractivity contribution is 0.112. The molecule has 4 heteroatoms. The van der Waals surface area contributed by atoms with E-state index < -0.39 is 0 Å². The van der Waals surface area contributed by atoms with Crippen LogP contribution in [-0.4, -0.2) is 28.7 Å². The summed E-state index contributed by atoms with van der Waals surface area (Å²) < 4.78 is 1.85. The smallest absolute Gasteiger partial charge is 0.155 e. The number of aryl methyl sites for hydroxylation is 2. The SMILES string of the molecule is Cc1nn(C)c(N2CC(C)CC(C)C2C)c1C=O. The molecule has 0 spiro atoms. The highest BCUT2D eigenvalue weighted by molar-refractivity contribution is 5.85. The van der Waals surface area contributed by atoms with Crippen LogP contribution in [0.5, 0.6) is 0 Å². The Hall–Kier alpha value is -1.32. The summed E-state index contributed by atoms with van der Waals surface area (Å²) in [5.74, 6) is 2.28. The Morgan fingerprint density at radius 3 is 2.61 bits per heavy atom. The summed E-state index contributed by atoms with van der Waals surface area (Å²) in [7, 11) is 1.92. The lowest BCUT2D eigenvalue weighted by atomic mass is 9.86. The topological polar surface area (TPSA) is 38.1 Å². The third-order valence-electron chi connectivity index (χ3n) is 4.22. The van der Waals surface area contributed by atoms with E-state index in [9.17, 15) is 4.79 Å². The maximum atomic E-state index is 11.3. The Bertz CT molecular complexity index is 452. The van der Waals surface area contributed by atoms with Crippen molar-refractivity contribution in [2.75, 3.05) is 11.4 Å². The van der Waals surface area contributed by atoms with Crippen molar-refractivity contribution in [3.05, 3.63) is 11.3 Å². The summed E-state index contributed by atoms with van der Waals surface area (Å²) in [4.78, 5) is 13.6. The van der Waals surface area contributed by atoms with Crippen LogP contribution in [-0.2, 0) is 7.05 Å². The van der Waals surface area contributed by atoms with Crippen LogP contribution in [0.3, 0.4) is 0 Å². The first-order valence-corrected chi connectivity index (χ1v) is 6.71. The predicted molar refractivity (Wildman–Crippen MR) is 73.1 cm³/mol. The number of carbonyl (C=O) groups is 1. The van der Waals surface area contributed by atoms with Gasteiger partial charge in [-0.05, 0) is 32.1 Å². The molecule has 2 heterocycles. The van der Waals surface area contributed by atoms with E-state index in [0.29, 0.717) is 17.9 Å². The maximum absolute atomic E-state index is 11.3. The normalized spacial score (nSPS) is 28.5. The molecule has 0 amide bonds. The molecule has 3 unspecified atom stereocenters. The van der Waals surface area contributed by atoms with Crippen molar-refractivity contribution in [3.8, 4) is 0 Å². The van der Waals surface area contributed by atoms with Crippen LogP contribution >= 0.6 is 0 Å². The van der Waals surface area contributed by atoms with Gasteiger partial charge in [0.2, 0.25) is 0 Å². The number of hydrogen-bond acceptors (Lipinski definition) is 3. The Morgan fingerprint density at radius 2 is 2.00 bits per heavy atom. The first kappa shape index (κ1) is 13.1. The molecular weight excluding hydrogens is 226 g/mol. The summed E-state index contributed by atoms with van der Waals surface area (Å²) in [5.41, 5.74) is 1.56. The molecule has 4 nitrogen and oxygen atoms in total. The van der Waals surface area contributed by atoms with Crippen LogP contribution in [0.15, 0.2) is 0 Å². The van der Waals surface area contributed by atoms with E-state index in [4.69, 9.17) is 0 Å². The van der Waals surface area contributed by atoms with Crippen LogP contribution in [0, 0.1) is 18.8 Å². The van der Waals surface area contributed by atoms with Crippen molar-refractivity contribution >= 4 is 12.1 Å². The van der Waals surface area contributed by atoms with E-state index in [0.717, 1.165) is 29.9 Å². The van der Waals surface area contributed by atoms with Gasteiger partial charge >= 0.3 is 0 Å². The molecule has 1 aliphatic rings. The molecular formula is C14H23N3O. The summed E-state index contributed by atoms with van der Waals surface area (Å²) in [5, 5.41) is 4.39. The highest BCUT2D eigenvalue weighted by Crippen LogP contribution is 2.33. The van der Waals surface area contributed by atoms with E-state index in [1.807, 2.05) is 18.7 Å². The van der Waals surface area contributed by atoms with Crippen LogP contribution in [0.1, 0.15) is 43.2 Å². The minimum absolute atomic E-state index is 0.453. The Balaban J connectivity index is 2.43. The van der Waals surface area contributed by atoms with Gasteiger partial charge < -0.3 is 4.90 Å². The summed E-state index contributed by atoms with van der Waals surface area (Å²) in [6, 6.07) is 0.453. The molecule has 1 aliphatic heterocycles. The Kier molecular flexibility index (Phi) is 3.46. The van der Waals surface area contributed by atoms with Crippen molar-refractivity contribution in [3.63, 3.8) is 0 Å². The van der Waals surface area contributed by atoms with E-state index in [1.165, 1.54) is 6.42 Å². The first-order valence-electron chi connectivity index (χ1n) is 6.71. The van der Waals surface area contributed by atoms with Crippen LogP contribution < -0.4 is 4.90 Å². The molecule has 0 N–H and O–H groups in total. The van der Waals surface area contributed by atoms with Gasteiger partial charge in [0.15, 0.2) is 6.29 Å². The molecule has 1 saturated heterocycles. The lowest BCUT2D eigenvalue weighted by Gasteiger charge is -2.42. The number of rotatable bonds is 2. The van der Waals surface area contributed by atoms with Gasteiger partial charge in [-0.1, -0.05) is 13.8 Å². The zero-order valence-electron chi connectivity index (χ0n) is 12.0. The average Bonchev–Trinajstić information content (AvgIpc) is 2.58. The molecule has 1 fully saturated rings. The molecule has 0 aromatic carbocycles. The number of hydrogen-bond donors (Lipinski definition) is 0. The zero-order valence-corrected chi connectivity index (χ0v) is 12.0. The van der Waals surface area contributed by atoms with Gasteiger partial charge in [0.05, 0.1) is 11.3 Å². The largest absolute Gasteiger partial charge is 0.353 e. The molecule has 18 heavy (non-hydrogen) atoms. The van der Waals surface area contributed by atoms with Gasteiger partial charge in [-0.15, -0.1) is 0 Å². The van der Waals surface area contributed by atoms with Crippen molar-refractivity contribution in [2.45, 2.75) is 40.2 Å². The van der Waals surface area contributed by atoms with E-state index in [1.54, 1.807) is 0 Å². The zero-order chi connectivity index (χ0) is 13.4. The standard InChI is InChI=1S/C14H23N3O/c1-9-6-10(2)12(4)17(7-9)14-13(8-18)11(3)15-16(14)5/h8-10,12H,6-7H2,1-5H3. The van der Waals surface area contributed by atoms with E-state index in [2.05, 4.69) is 30.8 Å². The second-order valence-corrected chi connectivity index (χ2v) is 5.78. The molecule has 0 saturated carbocycles. The number of anilines is 1. The van der Waals surface area contributed by atoms with Gasteiger partial charge in [-0.2, -0.15) is 5.10 Å². The van der Waals surface area contributed by atoms with E-state index in [-0.39, 0.29) is 0 Å². The number of aromatic nitrogens is 2. The average molecular weight is 249 g/mol. The summed E-state index contributed by atoms with van der Waals surface area (Å²) >= 11 is 0. The van der Waals surface area contributed by atoms with Crippen molar-refractivity contribution in [1.29, 1.82) is 0 Å². The van der Waals surface area contributed by atoms with Crippen LogP contribution in [0.4, 0.5) is 5.82 Å². The third-order valence-corrected chi connectivity index (χ3v) is 4.22. The van der Waals surface area contributed by atoms with Gasteiger partial charge in [0, 0.05) is 19.6 Å². The fourth-order valence-electron chi connectivity index (χ4n) is 3.14. The fraction of sp³-hybridized carbons (Fsp3) is 0.714. The fourth-order valence-corrected chi connectivity index (χ4v) is 3.14. The predicted octanol–water partition coefficient (Wildman–Crippen LogP) is 2.41. The summed E-state index contributed by atoms with van der Waals surface area (Å²) in [6.07, 6.45) is 2.19. The minimum Gasteiger partial charge on any atom is -0.353 e. The molecule has 2 rings (SSSR count). The van der Waals surface area contributed by atoms with Crippen LogP contribution in [0.25, 0.3) is 0 Å². The van der Waals surface area contributed by atoms with Gasteiger partial charge in [0.25, 0.3) is 0 Å². The second-order valence-electron chi connectivity index (χ2n) is 5.78.